The van der Waals surface area contributed by atoms with Crippen molar-refractivity contribution in [3.63, 3.8) is 0 Å². The van der Waals surface area contributed by atoms with Gasteiger partial charge in [0.05, 0.1) is 11.2 Å². The third kappa shape index (κ3) is 1.90. The maximum atomic E-state index is 6.23. The molecule has 2 heterocycles. The van der Waals surface area contributed by atoms with Gasteiger partial charge in [-0.15, -0.1) is 0 Å². The molecule has 1 N–H and O–H groups in total. The monoisotopic (exact) mass is 271 g/mol. The molecular weight excluding hydrogens is 249 g/mol. The highest BCUT2D eigenvalue weighted by molar-refractivity contribution is 6.65. The number of hydrogen-bond acceptors (Lipinski definition) is 2. The summed E-state index contributed by atoms with van der Waals surface area (Å²) in [4.78, 5) is 3.27. The molecule has 3 nitrogen and oxygen atoms in total. The Morgan fingerprint density at radius 3 is 2.30 bits per heavy atom. The Labute approximate surface area is 120 Å². The van der Waals surface area contributed by atoms with Crippen molar-refractivity contribution >= 4 is 23.5 Å². The molecule has 0 amide bonds. The predicted molar refractivity (Wildman–Crippen MR) is 83.4 cm³/mol. The first-order chi connectivity index (χ1) is 9.36. The normalized spacial score (nSPS) is 20.8. The molecule has 0 spiro atoms. The topological polar surface area (TPSA) is 34.2 Å². The summed E-state index contributed by atoms with van der Waals surface area (Å²) in [5.41, 5.74) is 2.98. The third-order valence-corrected chi connectivity index (χ3v) is 4.74. The molecular formula is C16H22BNO2. The fraction of sp³-hybridized carbons (Fsp3) is 0.500. The van der Waals surface area contributed by atoms with Gasteiger partial charge >= 0.3 is 7.12 Å². The maximum absolute atomic E-state index is 6.23. The Bertz CT molecular complexity index is 629. The quantitative estimate of drug-likeness (QED) is 0.852. The average Bonchev–Trinajstić information content (AvgIpc) is 2.90. The van der Waals surface area contributed by atoms with E-state index in [0.29, 0.717) is 0 Å². The van der Waals surface area contributed by atoms with Crippen LogP contribution in [0.15, 0.2) is 24.4 Å². The van der Waals surface area contributed by atoms with Crippen molar-refractivity contribution in [2.45, 2.75) is 52.2 Å². The molecule has 20 heavy (non-hydrogen) atoms. The van der Waals surface area contributed by atoms with Gasteiger partial charge in [0.2, 0.25) is 0 Å². The number of aryl methyl sites for hydroxylation is 1. The zero-order chi connectivity index (χ0) is 14.5. The minimum absolute atomic E-state index is 0.297. The van der Waals surface area contributed by atoms with Crippen LogP contribution < -0.4 is 5.46 Å². The van der Waals surface area contributed by atoms with E-state index in [1.54, 1.807) is 0 Å². The summed E-state index contributed by atoms with van der Waals surface area (Å²) in [5, 5.41) is 1.20. The fourth-order valence-corrected chi connectivity index (χ4v) is 2.75. The van der Waals surface area contributed by atoms with Crippen molar-refractivity contribution in [1.29, 1.82) is 0 Å². The highest BCUT2D eigenvalue weighted by atomic mass is 16.7. The van der Waals surface area contributed by atoms with Gasteiger partial charge in [-0.2, -0.15) is 0 Å². The van der Waals surface area contributed by atoms with Crippen LogP contribution in [0.25, 0.3) is 10.9 Å². The largest absolute Gasteiger partial charge is 0.495 e. The van der Waals surface area contributed by atoms with Gasteiger partial charge in [-0.1, -0.05) is 13.0 Å². The summed E-state index contributed by atoms with van der Waals surface area (Å²) in [6, 6.07) is 6.40. The van der Waals surface area contributed by atoms with Gasteiger partial charge in [0, 0.05) is 11.7 Å². The van der Waals surface area contributed by atoms with Gasteiger partial charge < -0.3 is 14.3 Å². The van der Waals surface area contributed by atoms with Crippen LogP contribution in [-0.2, 0) is 15.7 Å². The molecule has 0 atom stereocenters. The summed E-state index contributed by atoms with van der Waals surface area (Å²) < 4.78 is 12.5. The van der Waals surface area contributed by atoms with E-state index in [0.717, 1.165) is 11.9 Å². The lowest BCUT2D eigenvalue weighted by atomic mass is 9.73. The number of aromatic nitrogens is 1. The van der Waals surface area contributed by atoms with E-state index >= 15 is 0 Å². The van der Waals surface area contributed by atoms with E-state index in [4.69, 9.17) is 9.31 Å². The summed E-state index contributed by atoms with van der Waals surface area (Å²) >= 11 is 0. The van der Waals surface area contributed by atoms with Crippen LogP contribution in [0.5, 0.6) is 0 Å². The summed E-state index contributed by atoms with van der Waals surface area (Å²) in [6.07, 6.45) is 2.94. The van der Waals surface area contributed by atoms with Crippen LogP contribution in [0.4, 0.5) is 0 Å². The highest BCUT2D eigenvalue weighted by Crippen LogP contribution is 2.37. The molecule has 1 fully saturated rings. The van der Waals surface area contributed by atoms with Gasteiger partial charge in [0.25, 0.3) is 0 Å². The molecule has 1 aromatic heterocycles. The van der Waals surface area contributed by atoms with Crippen LogP contribution >= 0.6 is 0 Å². The van der Waals surface area contributed by atoms with Crippen molar-refractivity contribution in [1.82, 2.24) is 4.98 Å². The summed E-state index contributed by atoms with van der Waals surface area (Å²) in [6.45, 7) is 10.5. The zero-order valence-electron chi connectivity index (χ0n) is 12.9. The fourth-order valence-electron chi connectivity index (χ4n) is 2.75. The lowest BCUT2D eigenvalue weighted by Gasteiger charge is -2.32. The molecule has 0 radical (unpaired) electrons. The smallest absolute Gasteiger partial charge is 0.399 e. The second-order valence-electron chi connectivity index (χ2n) is 6.52. The molecule has 3 rings (SSSR count). The van der Waals surface area contributed by atoms with Crippen molar-refractivity contribution in [3.8, 4) is 0 Å². The number of hydrogen-bond donors (Lipinski definition) is 1. The lowest BCUT2D eigenvalue weighted by Crippen LogP contribution is -2.41. The van der Waals surface area contributed by atoms with Crippen molar-refractivity contribution in [2.75, 3.05) is 0 Å². The van der Waals surface area contributed by atoms with E-state index in [1.807, 2.05) is 6.20 Å². The van der Waals surface area contributed by atoms with Crippen LogP contribution in [-0.4, -0.2) is 23.3 Å². The van der Waals surface area contributed by atoms with Crippen LogP contribution in [0.3, 0.4) is 0 Å². The number of fused-ring (bicyclic) bond motifs is 1. The molecule has 0 bridgehead atoms. The molecule has 2 aromatic rings. The van der Waals surface area contributed by atoms with Crippen LogP contribution in [0.1, 0.15) is 40.2 Å². The Morgan fingerprint density at radius 1 is 1.05 bits per heavy atom. The van der Waals surface area contributed by atoms with Crippen LogP contribution in [0.2, 0.25) is 0 Å². The van der Waals surface area contributed by atoms with Gasteiger partial charge in [-0.05, 0) is 62.7 Å². The lowest BCUT2D eigenvalue weighted by molar-refractivity contribution is 0.00578. The predicted octanol–water partition coefficient (Wildman–Crippen LogP) is 3.03. The zero-order valence-corrected chi connectivity index (χ0v) is 12.9. The second kappa shape index (κ2) is 4.37. The minimum Gasteiger partial charge on any atom is -0.399 e. The number of H-pyrrole nitrogens is 1. The SMILES string of the molecule is CCc1ccc2[nH]ccc2c1B1OC(C)(C)C(C)(C)O1. The molecule has 106 valence electrons. The average molecular weight is 271 g/mol. The van der Waals surface area contributed by atoms with Crippen LogP contribution in [0, 0.1) is 0 Å². The summed E-state index contributed by atoms with van der Waals surface area (Å²) in [7, 11) is -0.297. The van der Waals surface area contributed by atoms with Crippen molar-refractivity contribution in [2.24, 2.45) is 0 Å². The first kappa shape index (κ1) is 13.7. The molecule has 1 aromatic carbocycles. The number of rotatable bonds is 2. The van der Waals surface area contributed by atoms with E-state index in [1.165, 1.54) is 16.4 Å². The molecule has 0 aliphatic carbocycles. The number of nitrogens with one attached hydrogen (secondary N) is 1. The molecule has 4 heteroatoms. The van der Waals surface area contributed by atoms with Gasteiger partial charge in [0.1, 0.15) is 0 Å². The van der Waals surface area contributed by atoms with E-state index in [2.05, 4.69) is 57.8 Å². The standard InChI is InChI=1S/C16H22BNO2/c1-6-11-7-8-13-12(9-10-18-13)14(11)17-19-15(2,3)16(4,5)20-17/h7-10,18H,6H2,1-5H3. The van der Waals surface area contributed by atoms with Crippen molar-refractivity contribution in [3.05, 3.63) is 30.0 Å². The first-order valence-corrected chi connectivity index (χ1v) is 7.30. The van der Waals surface area contributed by atoms with E-state index < -0.39 is 0 Å². The molecule has 0 unspecified atom stereocenters. The molecule has 1 aliphatic heterocycles. The van der Waals surface area contributed by atoms with Gasteiger partial charge in [-0.25, -0.2) is 0 Å². The first-order valence-electron chi connectivity index (χ1n) is 7.30. The molecule has 1 aliphatic rings. The Hall–Kier alpha value is -1.26. The molecule has 0 saturated carbocycles. The van der Waals surface area contributed by atoms with E-state index in [-0.39, 0.29) is 18.3 Å². The third-order valence-electron chi connectivity index (χ3n) is 4.74. The maximum Gasteiger partial charge on any atom is 0.495 e. The summed E-state index contributed by atoms with van der Waals surface area (Å²) in [5.74, 6) is 0. The highest BCUT2D eigenvalue weighted by Gasteiger charge is 2.52. The number of aromatic amines is 1. The molecule has 1 saturated heterocycles. The Morgan fingerprint density at radius 2 is 1.70 bits per heavy atom. The van der Waals surface area contributed by atoms with E-state index in [9.17, 15) is 0 Å². The van der Waals surface area contributed by atoms with Gasteiger partial charge in [0.15, 0.2) is 0 Å². The van der Waals surface area contributed by atoms with Gasteiger partial charge in [-0.3, -0.25) is 0 Å². The number of benzene rings is 1. The Balaban J connectivity index is 2.13. The Kier molecular flexibility index (Phi) is 3.00. The second-order valence-corrected chi connectivity index (χ2v) is 6.52. The van der Waals surface area contributed by atoms with Crippen molar-refractivity contribution < 1.29 is 9.31 Å². The minimum atomic E-state index is -0.304.